The van der Waals surface area contributed by atoms with E-state index in [2.05, 4.69) is 10.6 Å². The Bertz CT molecular complexity index is 618. The molecular formula is C14H19ClN2O3S. The first-order valence-electron chi connectivity index (χ1n) is 6.85. The third-order valence-electron chi connectivity index (χ3n) is 3.48. The predicted molar refractivity (Wildman–Crippen MR) is 83.1 cm³/mol. The molecule has 1 aliphatic rings. The number of rotatable bonds is 4. The van der Waals surface area contributed by atoms with Crippen molar-refractivity contribution in [2.45, 2.75) is 25.4 Å². The van der Waals surface area contributed by atoms with Crippen molar-refractivity contribution in [3.63, 3.8) is 0 Å². The first-order chi connectivity index (χ1) is 9.87. The molecule has 1 amide bonds. The molecule has 0 aliphatic carbocycles. The SMILES string of the molecule is C[C@H](NC(=O)CC1CS(=O)(=O)CCN1)c1ccccc1Cl. The van der Waals surface area contributed by atoms with Crippen LogP contribution in [0.15, 0.2) is 24.3 Å². The molecule has 0 saturated carbocycles. The lowest BCUT2D eigenvalue weighted by atomic mass is 10.1. The van der Waals surface area contributed by atoms with Crippen LogP contribution in [0.2, 0.25) is 5.02 Å². The standard InChI is InChI=1S/C14H19ClN2O3S/c1-10(12-4-2-3-5-13(12)15)17-14(18)8-11-9-21(19,20)7-6-16-11/h2-5,10-11,16H,6-9H2,1H3,(H,17,18)/t10-,11?/m0/s1. The number of carbonyl (C=O) groups excluding carboxylic acids is 1. The Kier molecular flexibility index (Phi) is 5.24. The Balaban J connectivity index is 1.91. The van der Waals surface area contributed by atoms with Gasteiger partial charge >= 0.3 is 0 Å². The summed E-state index contributed by atoms with van der Waals surface area (Å²) in [5.41, 5.74) is 0.844. The van der Waals surface area contributed by atoms with Crippen molar-refractivity contribution in [2.75, 3.05) is 18.1 Å². The van der Waals surface area contributed by atoms with Gasteiger partial charge in [0.05, 0.1) is 17.5 Å². The van der Waals surface area contributed by atoms with E-state index in [1.54, 1.807) is 6.07 Å². The second kappa shape index (κ2) is 6.77. The smallest absolute Gasteiger partial charge is 0.222 e. The molecule has 116 valence electrons. The van der Waals surface area contributed by atoms with Crippen LogP contribution >= 0.6 is 11.6 Å². The van der Waals surface area contributed by atoms with E-state index in [-0.39, 0.29) is 35.9 Å². The molecule has 7 heteroatoms. The predicted octanol–water partition coefficient (Wildman–Crippen LogP) is 1.29. The maximum absolute atomic E-state index is 12.0. The lowest BCUT2D eigenvalue weighted by Crippen LogP contribution is -2.47. The van der Waals surface area contributed by atoms with Gasteiger partial charge in [-0.15, -0.1) is 0 Å². The van der Waals surface area contributed by atoms with Crippen LogP contribution in [-0.4, -0.2) is 38.4 Å². The van der Waals surface area contributed by atoms with Gasteiger partial charge in [0.15, 0.2) is 9.84 Å². The van der Waals surface area contributed by atoms with Crippen LogP contribution in [0.1, 0.15) is 24.9 Å². The molecule has 1 aromatic rings. The Morgan fingerprint density at radius 2 is 2.19 bits per heavy atom. The molecular weight excluding hydrogens is 312 g/mol. The van der Waals surface area contributed by atoms with E-state index in [4.69, 9.17) is 11.6 Å². The summed E-state index contributed by atoms with van der Waals surface area (Å²) in [4.78, 5) is 12.0. The molecule has 1 aliphatic heterocycles. The van der Waals surface area contributed by atoms with Crippen molar-refractivity contribution in [3.8, 4) is 0 Å². The van der Waals surface area contributed by atoms with E-state index in [1.165, 1.54) is 0 Å². The molecule has 0 aromatic heterocycles. The molecule has 21 heavy (non-hydrogen) atoms. The monoisotopic (exact) mass is 330 g/mol. The third-order valence-corrected chi connectivity index (χ3v) is 5.56. The van der Waals surface area contributed by atoms with E-state index in [9.17, 15) is 13.2 Å². The summed E-state index contributed by atoms with van der Waals surface area (Å²) >= 11 is 6.09. The van der Waals surface area contributed by atoms with Gasteiger partial charge in [-0.25, -0.2) is 8.42 Å². The van der Waals surface area contributed by atoms with Gasteiger partial charge < -0.3 is 10.6 Å². The molecule has 5 nitrogen and oxygen atoms in total. The maximum atomic E-state index is 12.0. The quantitative estimate of drug-likeness (QED) is 0.872. The highest BCUT2D eigenvalue weighted by Crippen LogP contribution is 2.22. The van der Waals surface area contributed by atoms with Gasteiger partial charge in [-0.3, -0.25) is 4.79 Å². The average molecular weight is 331 g/mol. The second-order valence-corrected chi connectivity index (χ2v) is 7.92. The highest BCUT2D eigenvalue weighted by molar-refractivity contribution is 7.91. The van der Waals surface area contributed by atoms with Crippen molar-refractivity contribution >= 4 is 27.3 Å². The molecule has 1 saturated heterocycles. The molecule has 2 N–H and O–H groups in total. The highest BCUT2D eigenvalue weighted by atomic mass is 35.5. The Morgan fingerprint density at radius 3 is 2.86 bits per heavy atom. The molecule has 1 unspecified atom stereocenters. The number of benzene rings is 1. The Hall–Kier alpha value is -1.11. The summed E-state index contributed by atoms with van der Waals surface area (Å²) in [7, 11) is -3.03. The van der Waals surface area contributed by atoms with E-state index in [1.807, 2.05) is 25.1 Å². The maximum Gasteiger partial charge on any atom is 0.222 e. The summed E-state index contributed by atoms with van der Waals surface area (Å²) in [6, 6.07) is 6.79. The molecule has 2 rings (SSSR count). The van der Waals surface area contributed by atoms with Crippen molar-refractivity contribution in [2.24, 2.45) is 0 Å². The van der Waals surface area contributed by atoms with Crippen molar-refractivity contribution in [3.05, 3.63) is 34.9 Å². The fourth-order valence-corrected chi connectivity index (χ4v) is 4.17. The van der Waals surface area contributed by atoms with Gasteiger partial charge in [0.25, 0.3) is 0 Å². The minimum Gasteiger partial charge on any atom is -0.349 e. The Labute approximate surface area is 130 Å². The Morgan fingerprint density at radius 1 is 1.48 bits per heavy atom. The van der Waals surface area contributed by atoms with Gasteiger partial charge in [0, 0.05) is 24.0 Å². The van der Waals surface area contributed by atoms with E-state index in [0.29, 0.717) is 11.6 Å². The number of sulfone groups is 1. The molecule has 0 spiro atoms. The second-order valence-electron chi connectivity index (χ2n) is 5.28. The van der Waals surface area contributed by atoms with Crippen LogP contribution in [0.25, 0.3) is 0 Å². The molecule has 0 radical (unpaired) electrons. The minimum atomic E-state index is -3.03. The fraction of sp³-hybridized carbons (Fsp3) is 0.500. The lowest BCUT2D eigenvalue weighted by Gasteiger charge is -2.24. The van der Waals surface area contributed by atoms with E-state index >= 15 is 0 Å². The summed E-state index contributed by atoms with van der Waals surface area (Å²) in [6.07, 6.45) is 0.147. The topological polar surface area (TPSA) is 75.3 Å². The number of hydrogen-bond acceptors (Lipinski definition) is 4. The fourth-order valence-electron chi connectivity index (χ4n) is 2.43. The highest BCUT2D eigenvalue weighted by Gasteiger charge is 2.26. The summed E-state index contributed by atoms with van der Waals surface area (Å²) in [5, 5.41) is 6.52. The lowest BCUT2D eigenvalue weighted by molar-refractivity contribution is -0.122. The van der Waals surface area contributed by atoms with Crippen molar-refractivity contribution < 1.29 is 13.2 Å². The zero-order valence-electron chi connectivity index (χ0n) is 11.8. The van der Waals surface area contributed by atoms with Crippen LogP contribution in [0, 0.1) is 0 Å². The zero-order chi connectivity index (χ0) is 15.5. The van der Waals surface area contributed by atoms with Crippen molar-refractivity contribution in [1.82, 2.24) is 10.6 Å². The minimum absolute atomic E-state index is 0.0148. The van der Waals surface area contributed by atoms with Crippen molar-refractivity contribution in [1.29, 1.82) is 0 Å². The van der Waals surface area contributed by atoms with Gasteiger partial charge in [-0.2, -0.15) is 0 Å². The number of nitrogens with one attached hydrogen (secondary N) is 2. The average Bonchev–Trinajstić information content (AvgIpc) is 2.37. The number of amides is 1. The van der Waals surface area contributed by atoms with Gasteiger partial charge in [0.2, 0.25) is 5.91 Å². The van der Waals surface area contributed by atoms with Crippen LogP contribution in [0.4, 0.5) is 0 Å². The summed E-state index contributed by atoms with van der Waals surface area (Å²) in [5.74, 6) is -0.0285. The van der Waals surface area contributed by atoms with Crippen LogP contribution in [0.5, 0.6) is 0 Å². The summed E-state index contributed by atoms with van der Waals surface area (Å²) in [6.45, 7) is 2.25. The van der Waals surface area contributed by atoms with Gasteiger partial charge in [-0.1, -0.05) is 29.8 Å². The zero-order valence-corrected chi connectivity index (χ0v) is 13.4. The van der Waals surface area contributed by atoms with E-state index < -0.39 is 9.84 Å². The molecule has 1 fully saturated rings. The normalized spacial score (nSPS) is 22.5. The number of hydrogen-bond donors (Lipinski definition) is 2. The molecule has 1 heterocycles. The van der Waals surface area contributed by atoms with E-state index in [0.717, 1.165) is 5.56 Å². The first kappa shape index (κ1) is 16.3. The number of halogens is 1. The summed E-state index contributed by atoms with van der Waals surface area (Å²) < 4.78 is 23.1. The van der Waals surface area contributed by atoms with Crippen LogP contribution in [-0.2, 0) is 14.6 Å². The first-order valence-corrected chi connectivity index (χ1v) is 9.05. The third kappa shape index (κ3) is 4.69. The molecule has 2 atom stereocenters. The van der Waals surface area contributed by atoms with Gasteiger partial charge in [-0.05, 0) is 18.6 Å². The molecule has 1 aromatic carbocycles. The molecule has 0 bridgehead atoms. The number of carbonyl (C=O) groups is 1. The van der Waals surface area contributed by atoms with Crippen LogP contribution in [0.3, 0.4) is 0 Å². The van der Waals surface area contributed by atoms with Gasteiger partial charge in [0.1, 0.15) is 0 Å². The largest absolute Gasteiger partial charge is 0.349 e. The van der Waals surface area contributed by atoms with Crippen LogP contribution < -0.4 is 10.6 Å².